The van der Waals surface area contributed by atoms with Gasteiger partial charge in [-0.15, -0.1) is 6.42 Å². The van der Waals surface area contributed by atoms with Gasteiger partial charge in [0.15, 0.2) is 0 Å². The lowest BCUT2D eigenvalue weighted by molar-refractivity contribution is -0.138. The summed E-state index contributed by atoms with van der Waals surface area (Å²) in [6, 6.07) is 12.8. The van der Waals surface area contributed by atoms with Crippen molar-refractivity contribution in [2.45, 2.75) is 26.7 Å². The Morgan fingerprint density at radius 2 is 1.88 bits per heavy atom. The predicted octanol–water partition coefficient (Wildman–Crippen LogP) is 3.23. The van der Waals surface area contributed by atoms with E-state index in [-0.39, 0.29) is 30.2 Å². The van der Waals surface area contributed by atoms with Crippen LogP contribution in [0.25, 0.3) is 0 Å². The number of nitrogens with zero attached hydrogens (tertiary/aromatic N) is 2. The minimum atomic E-state index is -0.318. The van der Waals surface area contributed by atoms with E-state index in [0.29, 0.717) is 36.3 Å². The number of hydrogen-bond donors (Lipinski definition) is 1. The van der Waals surface area contributed by atoms with E-state index in [1.165, 1.54) is 4.90 Å². The average Bonchev–Trinajstić information content (AvgIpc) is 2.77. The second kappa shape index (κ2) is 10.1. The smallest absolute Gasteiger partial charge is 0.253 e. The van der Waals surface area contributed by atoms with Crippen LogP contribution < -0.4 is 5.32 Å². The molecule has 0 aromatic heterocycles. The lowest BCUT2D eigenvalue weighted by Gasteiger charge is -2.34. The molecule has 1 heterocycles. The third kappa shape index (κ3) is 5.76. The Kier molecular flexibility index (Phi) is 7.32. The quantitative estimate of drug-likeness (QED) is 0.739. The van der Waals surface area contributed by atoms with Crippen LogP contribution in [-0.2, 0) is 9.59 Å². The molecule has 6 nitrogen and oxygen atoms in total. The molecule has 0 radical (unpaired) electrons. The summed E-state index contributed by atoms with van der Waals surface area (Å²) in [6.07, 6.45) is 6.85. The molecule has 3 amide bonds. The van der Waals surface area contributed by atoms with Crippen molar-refractivity contribution >= 4 is 23.4 Å². The number of terminal acetylenes is 1. The van der Waals surface area contributed by atoms with E-state index in [9.17, 15) is 14.4 Å². The number of likely N-dealkylation sites (tertiary alicyclic amines) is 1. The standard InChI is InChI=1S/C26H29N3O3/c1-5-20-8-6-10-23(15-20)27-24(30)17-28(4)25(31)21-9-7-11-29(16-21)26(32)22-13-18(2)12-19(3)14-22/h1,6,8,10,12-15,21H,7,9,11,16-17H2,2-4H3,(H,27,30). The van der Waals surface area contributed by atoms with Gasteiger partial charge in [0.1, 0.15) is 0 Å². The molecule has 0 aliphatic carbocycles. The van der Waals surface area contributed by atoms with Gasteiger partial charge in [0, 0.05) is 37.0 Å². The zero-order chi connectivity index (χ0) is 23.3. The maximum atomic E-state index is 13.0. The van der Waals surface area contributed by atoms with E-state index >= 15 is 0 Å². The topological polar surface area (TPSA) is 69.7 Å². The van der Waals surface area contributed by atoms with Gasteiger partial charge in [0.05, 0.1) is 12.5 Å². The van der Waals surface area contributed by atoms with Gasteiger partial charge in [-0.1, -0.05) is 29.2 Å². The Labute approximate surface area is 189 Å². The number of hydrogen-bond acceptors (Lipinski definition) is 3. The molecule has 1 fully saturated rings. The number of anilines is 1. The van der Waals surface area contributed by atoms with Crippen LogP contribution in [0.15, 0.2) is 42.5 Å². The van der Waals surface area contributed by atoms with Gasteiger partial charge < -0.3 is 15.1 Å². The molecule has 32 heavy (non-hydrogen) atoms. The Hall–Kier alpha value is -3.59. The minimum absolute atomic E-state index is 0.0527. The lowest BCUT2D eigenvalue weighted by Crippen LogP contribution is -2.47. The second-order valence-electron chi connectivity index (χ2n) is 8.43. The van der Waals surface area contributed by atoms with Crippen molar-refractivity contribution in [1.29, 1.82) is 0 Å². The third-order valence-corrected chi connectivity index (χ3v) is 5.60. The number of nitrogens with one attached hydrogen (secondary N) is 1. The highest BCUT2D eigenvalue weighted by atomic mass is 16.2. The Bertz CT molecular complexity index is 1050. The monoisotopic (exact) mass is 431 g/mol. The van der Waals surface area contributed by atoms with Crippen LogP contribution in [0, 0.1) is 32.1 Å². The highest BCUT2D eigenvalue weighted by Crippen LogP contribution is 2.21. The molecule has 1 aliphatic rings. The molecular formula is C26H29N3O3. The zero-order valence-electron chi connectivity index (χ0n) is 18.9. The maximum Gasteiger partial charge on any atom is 0.253 e. The molecule has 0 spiro atoms. The van der Waals surface area contributed by atoms with Gasteiger partial charge in [-0.2, -0.15) is 0 Å². The van der Waals surface area contributed by atoms with Gasteiger partial charge in [0.2, 0.25) is 11.8 Å². The third-order valence-electron chi connectivity index (χ3n) is 5.60. The molecule has 6 heteroatoms. The summed E-state index contributed by atoms with van der Waals surface area (Å²) in [5.74, 6) is 1.73. The molecule has 2 aromatic carbocycles. The molecule has 0 saturated carbocycles. The molecular weight excluding hydrogens is 402 g/mol. The average molecular weight is 432 g/mol. The van der Waals surface area contributed by atoms with Crippen molar-refractivity contribution in [3.05, 3.63) is 64.7 Å². The molecule has 166 valence electrons. The van der Waals surface area contributed by atoms with Gasteiger partial charge in [-0.3, -0.25) is 14.4 Å². The SMILES string of the molecule is C#Cc1cccc(NC(=O)CN(C)C(=O)C2CCCN(C(=O)c3cc(C)cc(C)c3)C2)c1. The number of likely N-dealkylation sites (N-methyl/N-ethyl adjacent to an activating group) is 1. The van der Waals surface area contributed by atoms with Crippen LogP contribution in [0.2, 0.25) is 0 Å². The van der Waals surface area contributed by atoms with E-state index in [0.717, 1.165) is 17.5 Å². The first-order valence-corrected chi connectivity index (χ1v) is 10.8. The van der Waals surface area contributed by atoms with Crippen LogP contribution in [0.3, 0.4) is 0 Å². The second-order valence-corrected chi connectivity index (χ2v) is 8.43. The first-order valence-electron chi connectivity index (χ1n) is 10.8. The Morgan fingerprint density at radius 1 is 1.16 bits per heavy atom. The highest BCUT2D eigenvalue weighted by Gasteiger charge is 2.31. The van der Waals surface area contributed by atoms with Crippen molar-refractivity contribution in [3.8, 4) is 12.3 Å². The molecule has 1 unspecified atom stereocenters. The van der Waals surface area contributed by atoms with Gasteiger partial charge in [-0.25, -0.2) is 0 Å². The molecule has 1 atom stereocenters. The number of carbonyl (C=O) groups is 3. The van der Waals surface area contributed by atoms with Crippen molar-refractivity contribution in [2.24, 2.45) is 5.92 Å². The van der Waals surface area contributed by atoms with Crippen LogP contribution >= 0.6 is 0 Å². The van der Waals surface area contributed by atoms with Crippen LogP contribution in [0.1, 0.15) is 39.9 Å². The number of benzene rings is 2. The number of rotatable bonds is 5. The van der Waals surface area contributed by atoms with Crippen LogP contribution in [0.5, 0.6) is 0 Å². The summed E-state index contributed by atoms with van der Waals surface area (Å²) in [6.45, 7) is 4.86. The lowest BCUT2D eigenvalue weighted by atomic mass is 9.95. The first kappa shape index (κ1) is 23.1. The van der Waals surface area contributed by atoms with Crippen molar-refractivity contribution in [1.82, 2.24) is 9.80 Å². The van der Waals surface area contributed by atoms with E-state index in [1.54, 1.807) is 36.2 Å². The summed E-state index contributed by atoms with van der Waals surface area (Å²) in [4.78, 5) is 41.6. The predicted molar refractivity (Wildman–Crippen MR) is 125 cm³/mol. The molecule has 1 aliphatic heterocycles. The fourth-order valence-electron chi connectivity index (χ4n) is 4.14. The molecule has 0 bridgehead atoms. The molecule has 1 N–H and O–H groups in total. The minimum Gasteiger partial charge on any atom is -0.338 e. The van der Waals surface area contributed by atoms with Gasteiger partial charge in [0.25, 0.3) is 5.91 Å². The van der Waals surface area contributed by atoms with Crippen molar-refractivity contribution in [3.63, 3.8) is 0 Å². The van der Waals surface area contributed by atoms with E-state index < -0.39 is 0 Å². The van der Waals surface area contributed by atoms with E-state index in [1.807, 2.05) is 32.0 Å². The highest BCUT2D eigenvalue weighted by molar-refractivity contribution is 5.96. The van der Waals surface area contributed by atoms with E-state index in [4.69, 9.17) is 6.42 Å². The number of amides is 3. The summed E-state index contributed by atoms with van der Waals surface area (Å²) >= 11 is 0. The van der Waals surface area contributed by atoms with Crippen molar-refractivity contribution in [2.75, 3.05) is 32.0 Å². The summed E-state index contributed by atoms with van der Waals surface area (Å²) < 4.78 is 0. The summed E-state index contributed by atoms with van der Waals surface area (Å²) in [5, 5.41) is 2.77. The maximum absolute atomic E-state index is 13.0. The number of aryl methyl sites for hydroxylation is 2. The van der Waals surface area contributed by atoms with Crippen LogP contribution in [0.4, 0.5) is 5.69 Å². The number of carbonyl (C=O) groups excluding carboxylic acids is 3. The Balaban J connectivity index is 1.59. The fraction of sp³-hybridized carbons (Fsp3) is 0.346. The van der Waals surface area contributed by atoms with Crippen molar-refractivity contribution < 1.29 is 14.4 Å². The zero-order valence-corrected chi connectivity index (χ0v) is 18.9. The van der Waals surface area contributed by atoms with Crippen LogP contribution in [-0.4, -0.2) is 54.2 Å². The Morgan fingerprint density at radius 3 is 2.56 bits per heavy atom. The van der Waals surface area contributed by atoms with Gasteiger partial charge >= 0.3 is 0 Å². The molecule has 3 rings (SSSR count). The van der Waals surface area contributed by atoms with Gasteiger partial charge in [-0.05, 0) is 57.0 Å². The molecule has 1 saturated heterocycles. The first-order chi connectivity index (χ1) is 15.3. The largest absolute Gasteiger partial charge is 0.338 e. The summed E-state index contributed by atoms with van der Waals surface area (Å²) in [5.41, 5.74) is 3.99. The normalized spacial score (nSPS) is 15.6. The molecule has 2 aromatic rings. The number of piperidine rings is 1. The summed E-state index contributed by atoms with van der Waals surface area (Å²) in [7, 11) is 1.62. The fourth-order valence-corrected chi connectivity index (χ4v) is 4.14. The van der Waals surface area contributed by atoms with E-state index in [2.05, 4.69) is 11.2 Å².